The third-order valence-corrected chi connectivity index (χ3v) is 7.97. The van der Waals surface area contributed by atoms with Crippen molar-refractivity contribution in [3.8, 4) is 0 Å². The molecule has 0 N–H and O–H groups in total. The van der Waals surface area contributed by atoms with Gasteiger partial charge < -0.3 is 4.90 Å². The van der Waals surface area contributed by atoms with Gasteiger partial charge in [-0.2, -0.15) is 0 Å². The zero-order valence-electron chi connectivity index (χ0n) is 19.5. The largest absolute Gasteiger partial charge is 0.356 e. The Labute approximate surface area is 205 Å². The maximum Gasteiger partial charge on any atom is 0.267 e. The highest BCUT2D eigenvalue weighted by atomic mass is 32.2. The van der Waals surface area contributed by atoms with E-state index in [-0.39, 0.29) is 11.5 Å². The molecule has 0 unspecified atom stereocenters. The van der Waals surface area contributed by atoms with Gasteiger partial charge in [-0.1, -0.05) is 75.5 Å². The van der Waals surface area contributed by atoms with Crippen LogP contribution in [0.15, 0.2) is 34.1 Å². The molecule has 8 heteroatoms. The lowest BCUT2D eigenvalue weighted by atomic mass is 9.94. The van der Waals surface area contributed by atoms with E-state index in [0.717, 1.165) is 38.5 Å². The highest BCUT2D eigenvalue weighted by Gasteiger charge is 2.33. The second-order valence-corrected chi connectivity index (χ2v) is 10.6. The number of amides is 1. The molecule has 0 aromatic carbocycles. The summed E-state index contributed by atoms with van der Waals surface area (Å²) in [6, 6.07) is 5.89. The minimum atomic E-state index is -0.161. The summed E-state index contributed by atoms with van der Waals surface area (Å²) in [4.78, 5) is 35.9. The first-order valence-corrected chi connectivity index (χ1v) is 13.2. The molecular formula is C25H32N4O2S2. The summed E-state index contributed by atoms with van der Waals surface area (Å²) < 4.78 is 2.12. The fourth-order valence-corrected chi connectivity index (χ4v) is 5.94. The molecule has 2 fully saturated rings. The molecule has 0 spiro atoms. The van der Waals surface area contributed by atoms with E-state index in [9.17, 15) is 9.59 Å². The number of pyridine rings is 1. The molecule has 1 aliphatic carbocycles. The van der Waals surface area contributed by atoms with Gasteiger partial charge in [-0.05, 0) is 37.5 Å². The Morgan fingerprint density at radius 2 is 1.97 bits per heavy atom. The van der Waals surface area contributed by atoms with Crippen LogP contribution < -0.4 is 10.5 Å². The molecule has 0 atom stereocenters. The van der Waals surface area contributed by atoms with Gasteiger partial charge in [0.25, 0.3) is 11.5 Å². The fraction of sp³-hybridized carbons (Fsp3) is 0.520. The molecule has 1 saturated carbocycles. The minimum absolute atomic E-state index is 0.106. The van der Waals surface area contributed by atoms with E-state index in [2.05, 4.69) is 11.8 Å². The van der Waals surface area contributed by atoms with Gasteiger partial charge in [0.1, 0.15) is 15.8 Å². The van der Waals surface area contributed by atoms with Crippen LogP contribution in [0.2, 0.25) is 0 Å². The van der Waals surface area contributed by atoms with Crippen LogP contribution in [0.4, 0.5) is 5.82 Å². The fourth-order valence-electron chi connectivity index (χ4n) is 4.65. The van der Waals surface area contributed by atoms with Crippen LogP contribution in [-0.4, -0.2) is 44.1 Å². The Morgan fingerprint density at radius 1 is 1.18 bits per heavy atom. The number of hydrogen-bond acceptors (Lipinski definition) is 6. The van der Waals surface area contributed by atoms with Crippen LogP contribution in [0.3, 0.4) is 0 Å². The lowest BCUT2D eigenvalue weighted by molar-refractivity contribution is -0.122. The van der Waals surface area contributed by atoms with E-state index in [1.807, 2.05) is 25.2 Å². The lowest BCUT2D eigenvalue weighted by Crippen LogP contribution is -2.36. The molecular weight excluding hydrogens is 452 g/mol. The molecule has 2 aromatic rings. The van der Waals surface area contributed by atoms with Crippen LogP contribution in [0.1, 0.15) is 70.3 Å². The van der Waals surface area contributed by atoms with E-state index >= 15 is 0 Å². The highest BCUT2D eigenvalue weighted by Crippen LogP contribution is 2.34. The summed E-state index contributed by atoms with van der Waals surface area (Å²) in [7, 11) is 2.02. The van der Waals surface area contributed by atoms with Crippen molar-refractivity contribution >= 4 is 51.7 Å². The van der Waals surface area contributed by atoms with Gasteiger partial charge in [-0.25, -0.2) is 4.98 Å². The number of anilines is 1. The van der Waals surface area contributed by atoms with Crippen molar-refractivity contribution in [3.63, 3.8) is 0 Å². The number of carbonyl (C=O) groups is 1. The molecule has 1 saturated heterocycles. The number of carbonyl (C=O) groups excluding carboxylic acids is 1. The van der Waals surface area contributed by atoms with Gasteiger partial charge in [0.2, 0.25) is 0 Å². The van der Waals surface area contributed by atoms with E-state index < -0.39 is 0 Å². The Balaban J connectivity index is 1.71. The van der Waals surface area contributed by atoms with Crippen molar-refractivity contribution in [1.29, 1.82) is 0 Å². The van der Waals surface area contributed by atoms with Crippen LogP contribution in [0.25, 0.3) is 11.7 Å². The summed E-state index contributed by atoms with van der Waals surface area (Å²) in [6.45, 7) is 2.80. The van der Waals surface area contributed by atoms with Crippen molar-refractivity contribution in [1.82, 2.24) is 14.3 Å². The number of rotatable bonds is 8. The molecule has 3 heterocycles. The standard InChI is InChI=1S/C25H32N4O2S2/c1-3-4-5-10-16-29-24(31)20(33-25(29)32)17-19-22(27(2)18-12-7-6-8-13-18)26-21-14-9-11-15-28(21)23(19)30/h9,11,14-15,17-18H,3-8,10,12-13,16H2,1-2H3. The van der Waals surface area contributed by atoms with Crippen molar-refractivity contribution in [2.45, 2.75) is 70.8 Å². The lowest BCUT2D eigenvalue weighted by Gasteiger charge is -2.33. The van der Waals surface area contributed by atoms with Crippen LogP contribution in [-0.2, 0) is 4.79 Å². The van der Waals surface area contributed by atoms with Crippen LogP contribution in [0, 0.1) is 0 Å². The molecule has 2 aromatic heterocycles. The SMILES string of the molecule is CCCCCCN1C(=O)C(=Cc2c(N(C)C3CCCCC3)nc3ccccn3c2=O)SC1=S. The summed E-state index contributed by atoms with van der Waals surface area (Å²) in [6.07, 6.45) is 13.6. The van der Waals surface area contributed by atoms with Crippen LogP contribution in [0.5, 0.6) is 0 Å². The predicted molar refractivity (Wildman–Crippen MR) is 141 cm³/mol. The van der Waals surface area contributed by atoms with Crippen molar-refractivity contribution in [2.24, 2.45) is 0 Å². The molecule has 2 aliphatic rings. The van der Waals surface area contributed by atoms with E-state index in [4.69, 9.17) is 17.2 Å². The molecule has 176 valence electrons. The molecule has 4 rings (SSSR count). The van der Waals surface area contributed by atoms with E-state index in [1.54, 1.807) is 21.6 Å². The van der Waals surface area contributed by atoms with Gasteiger partial charge >= 0.3 is 0 Å². The number of nitrogens with zero attached hydrogens (tertiary/aromatic N) is 4. The van der Waals surface area contributed by atoms with E-state index in [0.29, 0.717) is 38.8 Å². The van der Waals surface area contributed by atoms with Gasteiger partial charge in [0.05, 0.1) is 10.5 Å². The Hall–Kier alpha value is -2.19. The summed E-state index contributed by atoms with van der Waals surface area (Å²) in [5.74, 6) is 0.539. The predicted octanol–water partition coefficient (Wildman–Crippen LogP) is 5.24. The van der Waals surface area contributed by atoms with Crippen LogP contribution >= 0.6 is 24.0 Å². The number of hydrogen-bond donors (Lipinski definition) is 0. The number of aromatic nitrogens is 2. The molecule has 1 aliphatic heterocycles. The van der Waals surface area contributed by atoms with Gasteiger partial charge in [-0.15, -0.1) is 0 Å². The Bertz CT molecular complexity index is 1120. The molecule has 1 amide bonds. The Kier molecular flexibility index (Phi) is 7.86. The van der Waals surface area contributed by atoms with Gasteiger partial charge in [0.15, 0.2) is 0 Å². The smallest absolute Gasteiger partial charge is 0.267 e. The first-order valence-electron chi connectivity index (χ1n) is 12.0. The average Bonchev–Trinajstić information content (AvgIpc) is 3.10. The third kappa shape index (κ3) is 5.17. The number of fused-ring (bicyclic) bond motifs is 1. The number of thiocarbonyl (C=S) groups is 1. The summed E-state index contributed by atoms with van der Waals surface area (Å²) >= 11 is 6.79. The second kappa shape index (κ2) is 10.8. The normalized spacial score (nSPS) is 18.6. The van der Waals surface area contributed by atoms with E-state index in [1.165, 1.54) is 31.0 Å². The topological polar surface area (TPSA) is 57.9 Å². The summed E-state index contributed by atoms with van der Waals surface area (Å²) in [5.41, 5.74) is 0.908. The highest BCUT2D eigenvalue weighted by molar-refractivity contribution is 8.26. The van der Waals surface area contributed by atoms with Crippen molar-refractivity contribution in [3.05, 3.63) is 45.2 Å². The van der Waals surface area contributed by atoms with Crippen molar-refractivity contribution < 1.29 is 4.79 Å². The zero-order chi connectivity index (χ0) is 23.4. The van der Waals surface area contributed by atoms with Gasteiger partial charge in [0, 0.05) is 25.8 Å². The molecule has 6 nitrogen and oxygen atoms in total. The minimum Gasteiger partial charge on any atom is -0.356 e. The summed E-state index contributed by atoms with van der Waals surface area (Å²) in [5, 5.41) is 0. The zero-order valence-corrected chi connectivity index (χ0v) is 21.1. The first-order chi connectivity index (χ1) is 16.0. The monoisotopic (exact) mass is 484 g/mol. The quantitative estimate of drug-likeness (QED) is 0.290. The van der Waals surface area contributed by atoms with Gasteiger partial charge in [-0.3, -0.25) is 18.9 Å². The maximum absolute atomic E-state index is 13.5. The number of unbranched alkanes of at least 4 members (excludes halogenated alkanes) is 3. The van der Waals surface area contributed by atoms with Crippen molar-refractivity contribution in [2.75, 3.05) is 18.5 Å². The average molecular weight is 485 g/mol. The molecule has 0 bridgehead atoms. The third-order valence-electron chi connectivity index (χ3n) is 6.59. The molecule has 0 radical (unpaired) electrons. The molecule has 33 heavy (non-hydrogen) atoms. The number of thioether (sulfide) groups is 1. The Morgan fingerprint density at radius 3 is 2.73 bits per heavy atom. The second-order valence-electron chi connectivity index (χ2n) is 8.88. The maximum atomic E-state index is 13.5. The first kappa shape index (κ1) is 24.0.